The first-order valence-corrected chi connectivity index (χ1v) is 8.77. The number of aliphatic carboxylic acids is 1. The minimum atomic E-state index is -0.970. The van der Waals surface area contributed by atoms with Crippen molar-refractivity contribution in [1.82, 2.24) is 0 Å². The number of nitrogens with one attached hydrogen (secondary N) is 1. The Morgan fingerprint density at radius 1 is 1.12 bits per heavy atom. The molecule has 0 saturated carbocycles. The highest BCUT2D eigenvalue weighted by Crippen LogP contribution is 2.21. The number of rotatable bonds is 6. The number of carboxylic acids is 1. The van der Waals surface area contributed by atoms with Gasteiger partial charge in [0.25, 0.3) is 0 Å². The maximum Gasteiger partial charge on any atom is 0.304 e. The van der Waals surface area contributed by atoms with Crippen LogP contribution in [0.15, 0.2) is 42.5 Å². The number of carbonyl (C=O) groups is 2. The largest absolute Gasteiger partial charge is 0.481 e. The Morgan fingerprint density at radius 2 is 1.75 bits per heavy atom. The van der Waals surface area contributed by atoms with Gasteiger partial charge in [-0.05, 0) is 60.6 Å². The van der Waals surface area contributed by atoms with Crippen molar-refractivity contribution in [1.29, 1.82) is 0 Å². The molecule has 2 rings (SSSR count). The molecule has 0 aromatic heterocycles. The summed E-state index contributed by atoms with van der Waals surface area (Å²) >= 11 is 2.14. The third kappa shape index (κ3) is 5.33. The SMILES string of the molecule is Cc1cc(C)cc(CC(CC(=O)O)C(=O)Nc2ccccc2I)c1. The van der Waals surface area contributed by atoms with Gasteiger partial charge >= 0.3 is 5.97 Å². The summed E-state index contributed by atoms with van der Waals surface area (Å²) in [7, 11) is 0. The maximum absolute atomic E-state index is 12.6. The van der Waals surface area contributed by atoms with Gasteiger partial charge in [-0.1, -0.05) is 41.5 Å². The van der Waals surface area contributed by atoms with Crippen LogP contribution in [0.3, 0.4) is 0 Å². The van der Waals surface area contributed by atoms with E-state index in [0.29, 0.717) is 12.1 Å². The van der Waals surface area contributed by atoms with Crippen molar-refractivity contribution >= 4 is 40.2 Å². The summed E-state index contributed by atoms with van der Waals surface area (Å²) in [5, 5.41) is 12.0. The van der Waals surface area contributed by atoms with Gasteiger partial charge in [0.1, 0.15) is 0 Å². The number of benzene rings is 2. The molecule has 0 fully saturated rings. The minimum Gasteiger partial charge on any atom is -0.481 e. The molecule has 0 aliphatic carbocycles. The van der Waals surface area contributed by atoms with E-state index in [2.05, 4.69) is 34.0 Å². The van der Waals surface area contributed by atoms with Crippen LogP contribution in [-0.4, -0.2) is 17.0 Å². The van der Waals surface area contributed by atoms with Gasteiger partial charge < -0.3 is 10.4 Å². The molecule has 0 heterocycles. The van der Waals surface area contributed by atoms with Crippen LogP contribution in [0, 0.1) is 23.3 Å². The summed E-state index contributed by atoms with van der Waals surface area (Å²) in [5.74, 6) is -1.84. The highest BCUT2D eigenvalue weighted by molar-refractivity contribution is 14.1. The summed E-state index contributed by atoms with van der Waals surface area (Å²) in [6.07, 6.45) is 0.215. The number of para-hydroxylation sites is 1. The standard InChI is InChI=1S/C19H20INO3/c1-12-7-13(2)9-14(8-12)10-15(11-18(22)23)19(24)21-17-6-4-3-5-16(17)20/h3-9,15H,10-11H2,1-2H3,(H,21,24)(H,22,23). The molecule has 0 spiro atoms. The zero-order valence-corrected chi connectivity index (χ0v) is 15.8. The second-order valence-electron chi connectivity index (χ2n) is 5.96. The van der Waals surface area contributed by atoms with Crippen LogP contribution in [0.2, 0.25) is 0 Å². The Balaban J connectivity index is 2.19. The van der Waals surface area contributed by atoms with E-state index in [0.717, 1.165) is 20.3 Å². The summed E-state index contributed by atoms with van der Waals surface area (Å²) in [6.45, 7) is 3.99. The molecule has 126 valence electrons. The van der Waals surface area contributed by atoms with Gasteiger partial charge in [-0.2, -0.15) is 0 Å². The van der Waals surface area contributed by atoms with Gasteiger partial charge in [-0.15, -0.1) is 0 Å². The molecule has 1 atom stereocenters. The number of halogens is 1. The fraction of sp³-hybridized carbons (Fsp3) is 0.263. The van der Waals surface area contributed by atoms with E-state index in [-0.39, 0.29) is 12.3 Å². The fourth-order valence-electron chi connectivity index (χ4n) is 2.74. The van der Waals surface area contributed by atoms with Gasteiger partial charge in [0.2, 0.25) is 5.91 Å². The lowest BCUT2D eigenvalue weighted by Crippen LogP contribution is -2.27. The lowest BCUT2D eigenvalue weighted by molar-refractivity contribution is -0.140. The molecule has 1 unspecified atom stereocenters. The summed E-state index contributed by atoms with van der Waals surface area (Å²) < 4.78 is 0.920. The Bertz CT molecular complexity index is 738. The molecule has 0 saturated heterocycles. The van der Waals surface area contributed by atoms with E-state index < -0.39 is 11.9 Å². The van der Waals surface area contributed by atoms with Crippen LogP contribution >= 0.6 is 22.6 Å². The Labute approximate surface area is 155 Å². The molecule has 4 nitrogen and oxygen atoms in total. The van der Waals surface area contributed by atoms with Crippen molar-refractivity contribution < 1.29 is 14.7 Å². The number of amides is 1. The molecule has 2 aromatic rings. The number of aryl methyl sites for hydroxylation is 2. The lowest BCUT2D eigenvalue weighted by atomic mass is 9.93. The molecule has 24 heavy (non-hydrogen) atoms. The first kappa shape index (κ1) is 18.4. The van der Waals surface area contributed by atoms with E-state index in [1.807, 2.05) is 50.2 Å². The van der Waals surface area contributed by atoms with E-state index in [9.17, 15) is 9.59 Å². The molecular formula is C19H20INO3. The summed E-state index contributed by atoms with van der Waals surface area (Å²) in [6, 6.07) is 13.5. The average Bonchev–Trinajstić information content (AvgIpc) is 2.47. The Kier molecular flexibility index (Phi) is 6.36. The van der Waals surface area contributed by atoms with Crippen molar-refractivity contribution in [2.24, 2.45) is 5.92 Å². The fourth-order valence-corrected chi connectivity index (χ4v) is 3.26. The van der Waals surface area contributed by atoms with Gasteiger partial charge in [0, 0.05) is 3.57 Å². The normalized spacial score (nSPS) is 11.8. The molecule has 2 N–H and O–H groups in total. The van der Waals surface area contributed by atoms with Crippen molar-refractivity contribution in [2.75, 3.05) is 5.32 Å². The second-order valence-corrected chi connectivity index (χ2v) is 7.13. The van der Waals surface area contributed by atoms with Crippen LogP contribution in [0.1, 0.15) is 23.1 Å². The zero-order valence-electron chi connectivity index (χ0n) is 13.7. The predicted molar refractivity (Wildman–Crippen MR) is 103 cm³/mol. The van der Waals surface area contributed by atoms with Crippen molar-refractivity contribution in [2.45, 2.75) is 26.7 Å². The quantitative estimate of drug-likeness (QED) is 0.667. The van der Waals surface area contributed by atoms with E-state index in [1.165, 1.54) is 0 Å². The average molecular weight is 437 g/mol. The molecular weight excluding hydrogens is 417 g/mol. The number of anilines is 1. The van der Waals surface area contributed by atoms with Crippen LogP contribution in [0.5, 0.6) is 0 Å². The van der Waals surface area contributed by atoms with Crippen LogP contribution in [-0.2, 0) is 16.0 Å². The smallest absolute Gasteiger partial charge is 0.304 e. The Morgan fingerprint density at radius 3 is 2.33 bits per heavy atom. The zero-order chi connectivity index (χ0) is 17.7. The van der Waals surface area contributed by atoms with Crippen molar-refractivity contribution in [3.8, 4) is 0 Å². The minimum absolute atomic E-state index is 0.192. The first-order chi connectivity index (χ1) is 11.3. The molecule has 0 radical (unpaired) electrons. The van der Waals surface area contributed by atoms with E-state index in [4.69, 9.17) is 5.11 Å². The second kappa shape index (κ2) is 8.28. The first-order valence-electron chi connectivity index (χ1n) is 7.69. The van der Waals surface area contributed by atoms with Crippen LogP contribution < -0.4 is 5.32 Å². The maximum atomic E-state index is 12.6. The lowest BCUT2D eigenvalue weighted by Gasteiger charge is -2.16. The third-order valence-corrected chi connectivity index (χ3v) is 4.63. The van der Waals surface area contributed by atoms with Gasteiger partial charge in [0.05, 0.1) is 18.0 Å². The molecule has 0 aliphatic rings. The third-order valence-electron chi connectivity index (χ3n) is 3.69. The number of carbonyl (C=O) groups excluding carboxylic acids is 1. The van der Waals surface area contributed by atoms with Gasteiger partial charge in [0.15, 0.2) is 0 Å². The van der Waals surface area contributed by atoms with Gasteiger partial charge in [-0.25, -0.2) is 0 Å². The molecule has 0 bridgehead atoms. The summed E-state index contributed by atoms with van der Waals surface area (Å²) in [4.78, 5) is 23.8. The number of carboxylic acid groups (broad SMARTS) is 1. The molecule has 0 aliphatic heterocycles. The topological polar surface area (TPSA) is 66.4 Å². The summed E-state index contributed by atoms with van der Waals surface area (Å²) in [5.41, 5.74) is 3.91. The van der Waals surface area contributed by atoms with Crippen LogP contribution in [0.25, 0.3) is 0 Å². The van der Waals surface area contributed by atoms with Gasteiger partial charge in [-0.3, -0.25) is 9.59 Å². The highest BCUT2D eigenvalue weighted by atomic mass is 127. The number of hydrogen-bond acceptors (Lipinski definition) is 2. The predicted octanol–water partition coefficient (Wildman–Crippen LogP) is 4.18. The molecule has 1 amide bonds. The van der Waals surface area contributed by atoms with Crippen molar-refractivity contribution in [3.63, 3.8) is 0 Å². The Hall–Kier alpha value is -1.89. The van der Waals surface area contributed by atoms with Crippen molar-refractivity contribution in [3.05, 3.63) is 62.7 Å². The molecule has 5 heteroatoms. The van der Waals surface area contributed by atoms with E-state index in [1.54, 1.807) is 0 Å². The van der Waals surface area contributed by atoms with E-state index >= 15 is 0 Å². The number of hydrogen-bond donors (Lipinski definition) is 2. The highest BCUT2D eigenvalue weighted by Gasteiger charge is 2.23. The van der Waals surface area contributed by atoms with Crippen LogP contribution in [0.4, 0.5) is 5.69 Å². The monoisotopic (exact) mass is 437 g/mol. The molecule has 2 aromatic carbocycles.